The van der Waals surface area contributed by atoms with Gasteiger partial charge >= 0.3 is 0 Å². The molecule has 1 aromatic carbocycles. The minimum Gasteiger partial charge on any atom is -0.508 e. The zero-order valence-corrected chi connectivity index (χ0v) is 10.1. The van der Waals surface area contributed by atoms with Crippen LogP contribution in [0.3, 0.4) is 0 Å². The van der Waals surface area contributed by atoms with E-state index in [9.17, 15) is 5.11 Å². The van der Waals surface area contributed by atoms with Crippen LogP contribution in [0.25, 0.3) is 0 Å². The lowest BCUT2D eigenvalue weighted by Gasteiger charge is -2.23. The van der Waals surface area contributed by atoms with Crippen molar-refractivity contribution in [1.82, 2.24) is 0 Å². The topological polar surface area (TPSA) is 69.7 Å². The molecule has 0 aromatic heterocycles. The molecule has 1 aromatic rings. The van der Waals surface area contributed by atoms with Gasteiger partial charge < -0.3 is 20.8 Å². The molecule has 0 radical (unpaired) electrons. The second kappa shape index (κ2) is 6.27. The van der Waals surface area contributed by atoms with E-state index >= 15 is 0 Å². The lowest BCUT2D eigenvalue weighted by atomic mass is 10.1. The summed E-state index contributed by atoms with van der Waals surface area (Å²) in [5.41, 5.74) is 7.30. The number of hydrogen-bond acceptors (Lipinski definition) is 4. The Morgan fingerprint density at radius 1 is 1.53 bits per heavy atom. The summed E-state index contributed by atoms with van der Waals surface area (Å²) < 4.78 is 0. The van der Waals surface area contributed by atoms with Crippen molar-refractivity contribution >= 4 is 5.69 Å². The van der Waals surface area contributed by atoms with Crippen LogP contribution in [0.4, 0.5) is 5.69 Å². The van der Waals surface area contributed by atoms with Gasteiger partial charge in [-0.05, 0) is 13.0 Å². The van der Waals surface area contributed by atoms with Gasteiger partial charge in [-0.25, -0.2) is 0 Å². The minimum absolute atomic E-state index is 0.0592. The van der Waals surface area contributed by atoms with Gasteiger partial charge in [0.05, 0.1) is 6.61 Å². The molecule has 0 aliphatic rings. The molecule has 0 heterocycles. The van der Waals surface area contributed by atoms with Gasteiger partial charge in [0.2, 0.25) is 0 Å². The molecule has 4 heteroatoms. The summed E-state index contributed by atoms with van der Waals surface area (Å²) in [6.45, 7) is 6.68. The molecule has 0 aliphatic heterocycles. The molecule has 0 spiro atoms. The Balaban J connectivity index is 2.97. The smallest absolute Gasteiger partial charge is 0.122 e. The maximum atomic E-state index is 9.85. The molecular weight excluding hydrogens is 216 g/mol. The number of rotatable bonds is 6. The number of phenols is 1. The number of benzene rings is 1. The number of aliphatic hydroxyl groups excluding tert-OH is 1. The van der Waals surface area contributed by atoms with Gasteiger partial charge in [-0.1, -0.05) is 12.1 Å². The van der Waals surface area contributed by atoms with Crippen LogP contribution < -0.4 is 10.6 Å². The SMILES string of the molecule is C=CCN(CCO)c1ccc(C(C)N)c(O)c1. The lowest BCUT2D eigenvalue weighted by Crippen LogP contribution is -2.26. The molecule has 4 nitrogen and oxygen atoms in total. The molecule has 94 valence electrons. The van der Waals surface area contributed by atoms with Crippen molar-refractivity contribution in [3.8, 4) is 5.75 Å². The van der Waals surface area contributed by atoms with Crippen LogP contribution in [0.1, 0.15) is 18.5 Å². The van der Waals surface area contributed by atoms with Crippen molar-refractivity contribution in [3.05, 3.63) is 36.4 Å². The Morgan fingerprint density at radius 3 is 2.71 bits per heavy atom. The van der Waals surface area contributed by atoms with Gasteiger partial charge in [0.1, 0.15) is 5.75 Å². The third kappa shape index (κ3) is 3.47. The maximum absolute atomic E-state index is 9.85. The average Bonchev–Trinajstić information content (AvgIpc) is 2.28. The molecule has 4 N–H and O–H groups in total. The zero-order valence-electron chi connectivity index (χ0n) is 10.1. The predicted octanol–water partition coefficient (Wildman–Crippen LogP) is 1.40. The Bertz CT molecular complexity index is 378. The number of aromatic hydroxyl groups is 1. The van der Waals surface area contributed by atoms with Crippen molar-refractivity contribution in [2.45, 2.75) is 13.0 Å². The number of nitrogens with zero attached hydrogens (tertiary/aromatic N) is 1. The molecule has 1 unspecified atom stereocenters. The summed E-state index contributed by atoms with van der Waals surface area (Å²) in [6, 6.07) is 5.16. The fourth-order valence-electron chi connectivity index (χ4n) is 1.72. The lowest BCUT2D eigenvalue weighted by molar-refractivity contribution is 0.303. The highest BCUT2D eigenvalue weighted by atomic mass is 16.3. The van der Waals surface area contributed by atoms with Crippen LogP contribution in [0, 0.1) is 0 Å². The second-order valence-corrected chi connectivity index (χ2v) is 3.99. The zero-order chi connectivity index (χ0) is 12.8. The van der Waals surface area contributed by atoms with Crippen molar-refractivity contribution in [3.63, 3.8) is 0 Å². The van der Waals surface area contributed by atoms with Crippen LogP contribution in [-0.4, -0.2) is 29.9 Å². The van der Waals surface area contributed by atoms with E-state index in [2.05, 4.69) is 6.58 Å². The van der Waals surface area contributed by atoms with E-state index in [0.29, 0.717) is 13.1 Å². The first-order valence-electron chi connectivity index (χ1n) is 5.65. The highest BCUT2D eigenvalue weighted by molar-refractivity contribution is 5.54. The highest BCUT2D eigenvalue weighted by Crippen LogP contribution is 2.27. The minimum atomic E-state index is -0.199. The van der Waals surface area contributed by atoms with Crippen LogP contribution in [0.15, 0.2) is 30.9 Å². The largest absolute Gasteiger partial charge is 0.508 e. The predicted molar refractivity (Wildman–Crippen MR) is 70.2 cm³/mol. The summed E-state index contributed by atoms with van der Waals surface area (Å²) >= 11 is 0. The number of phenolic OH excluding ortho intramolecular Hbond substituents is 1. The Morgan fingerprint density at radius 2 is 2.24 bits per heavy atom. The fraction of sp³-hybridized carbons (Fsp3) is 0.385. The average molecular weight is 236 g/mol. The Kier molecular flexibility index (Phi) is 5.00. The summed E-state index contributed by atoms with van der Waals surface area (Å²) in [4.78, 5) is 1.93. The standard InChI is InChI=1S/C13H20N2O2/c1-3-6-15(7-8-16)11-4-5-12(10(2)14)13(17)9-11/h3-5,9-10,16-17H,1,6-8,14H2,2H3. The van der Waals surface area contributed by atoms with E-state index < -0.39 is 0 Å². The van der Waals surface area contributed by atoms with Crippen LogP contribution in [-0.2, 0) is 0 Å². The number of nitrogens with two attached hydrogens (primary N) is 1. The van der Waals surface area contributed by atoms with E-state index in [-0.39, 0.29) is 18.4 Å². The summed E-state index contributed by atoms with van der Waals surface area (Å²) in [5, 5.41) is 18.8. The first kappa shape index (κ1) is 13.5. The number of aliphatic hydroxyl groups is 1. The molecule has 0 aliphatic carbocycles. The third-order valence-electron chi connectivity index (χ3n) is 2.59. The summed E-state index contributed by atoms with van der Waals surface area (Å²) in [6.07, 6.45) is 1.76. The molecule has 0 fully saturated rings. The molecular formula is C13H20N2O2. The summed E-state index contributed by atoms with van der Waals surface area (Å²) in [5.74, 6) is 0.185. The Hall–Kier alpha value is -1.52. The van der Waals surface area contributed by atoms with Crippen LogP contribution in [0.2, 0.25) is 0 Å². The van der Waals surface area contributed by atoms with Crippen LogP contribution in [0.5, 0.6) is 5.75 Å². The van der Waals surface area contributed by atoms with E-state index in [1.165, 1.54) is 0 Å². The van der Waals surface area contributed by atoms with Crippen molar-refractivity contribution < 1.29 is 10.2 Å². The third-order valence-corrected chi connectivity index (χ3v) is 2.59. The van der Waals surface area contributed by atoms with Gasteiger partial charge in [0.25, 0.3) is 0 Å². The normalized spacial score (nSPS) is 12.2. The molecule has 0 bridgehead atoms. The number of anilines is 1. The van der Waals surface area contributed by atoms with Crippen molar-refractivity contribution in [2.24, 2.45) is 5.73 Å². The second-order valence-electron chi connectivity index (χ2n) is 3.99. The maximum Gasteiger partial charge on any atom is 0.122 e. The van der Waals surface area contributed by atoms with E-state index in [0.717, 1.165) is 11.3 Å². The molecule has 0 saturated heterocycles. The van der Waals surface area contributed by atoms with Crippen molar-refractivity contribution in [2.75, 3.05) is 24.6 Å². The number of hydrogen-bond donors (Lipinski definition) is 3. The van der Waals surface area contributed by atoms with E-state index in [4.69, 9.17) is 10.8 Å². The molecule has 1 atom stereocenters. The monoisotopic (exact) mass is 236 g/mol. The van der Waals surface area contributed by atoms with Crippen molar-refractivity contribution in [1.29, 1.82) is 0 Å². The molecule has 1 rings (SSSR count). The quantitative estimate of drug-likeness (QED) is 0.653. The fourth-order valence-corrected chi connectivity index (χ4v) is 1.72. The highest BCUT2D eigenvalue weighted by Gasteiger charge is 2.10. The summed E-state index contributed by atoms with van der Waals surface area (Å²) in [7, 11) is 0. The molecule has 0 saturated carbocycles. The molecule has 17 heavy (non-hydrogen) atoms. The van der Waals surface area contributed by atoms with Crippen LogP contribution >= 0.6 is 0 Å². The van der Waals surface area contributed by atoms with Gasteiger partial charge in [-0.3, -0.25) is 0 Å². The van der Waals surface area contributed by atoms with Gasteiger partial charge in [-0.15, -0.1) is 6.58 Å². The first-order valence-corrected chi connectivity index (χ1v) is 5.65. The van der Waals surface area contributed by atoms with Gasteiger partial charge in [0, 0.05) is 36.4 Å². The molecule has 0 amide bonds. The van der Waals surface area contributed by atoms with E-state index in [1.807, 2.05) is 24.0 Å². The van der Waals surface area contributed by atoms with Gasteiger partial charge in [0.15, 0.2) is 0 Å². The van der Waals surface area contributed by atoms with Gasteiger partial charge in [-0.2, -0.15) is 0 Å². The van der Waals surface area contributed by atoms with E-state index in [1.54, 1.807) is 12.1 Å². The first-order chi connectivity index (χ1) is 8.10. The Labute approximate surface area is 102 Å².